The number of carbonyl (C=O) groups excluding carboxylic acids is 1. The Morgan fingerprint density at radius 1 is 0.964 bits per heavy atom. The molecule has 1 aromatic carbocycles. The summed E-state index contributed by atoms with van der Waals surface area (Å²) in [6, 6.07) is 15.0. The molecule has 2 aromatic heterocycles. The SMILES string of the molecule is O=C(c1cccn1C1CC1)N1CCC(c2nccn2Cc2ccccc2)CC1. The van der Waals surface area contributed by atoms with Crippen molar-refractivity contribution in [2.75, 3.05) is 13.1 Å². The van der Waals surface area contributed by atoms with Crippen LogP contribution < -0.4 is 0 Å². The quantitative estimate of drug-likeness (QED) is 0.675. The third-order valence-electron chi connectivity index (χ3n) is 6.03. The molecule has 0 N–H and O–H groups in total. The number of nitrogens with zero attached hydrogens (tertiary/aromatic N) is 4. The fraction of sp³-hybridized carbons (Fsp3) is 0.391. The highest BCUT2D eigenvalue weighted by atomic mass is 16.2. The van der Waals surface area contributed by atoms with Gasteiger partial charge in [0.1, 0.15) is 11.5 Å². The van der Waals surface area contributed by atoms with Crippen LogP contribution in [0.5, 0.6) is 0 Å². The summed E-state index contributed by atoms with van der Waals surface area (Å²) in [5, 5.41) is 0. The number of amides is 1. The Morgan fingerprint density at radius 3 is 2.50 bits per heavy atom. The van der Waals surface area contributed by atoms with Gasteiger partial charge in [-0.05, 0) is 43.4 Å². The van der Waals surface area contributed by atoms with Crippen LogP contribution in [0.25, 0.3) is 0 Å². The van der Waals surface area contributed by atoms with E-state index in [0.29, 0.717) is 12.0 Å². The number of benzene rings is 1. The third-order valence-corrected chi connectivity index (χ3v) is 6.03. The van der Waals surface area contributed by atoms with Gasteiger partial charge in [0.25, 0.3) is 5.91 Å². The van der Waals surface area contributed by atoms with E-state index < -0.39 is 0 Å². The predicted molar refractivity (Wildman–Crippen MR) is 108 cm³/mol. The molecule has 1 saturated heterocycles. The molecule has 3 aromatic rings. The molecule has 3 heterocycles. The Hall–Kier alpha value is -2.82. The van der Waals surface area contributed by atoms with Crippen LogP contribution in [-0.4, -0.2) is 38.0 Å². The van der Waals surface area contributed by atoms with E-state index in [1.54, 1.807) is 0 Å². The summed E-state index contributed by atoms with van der Waals surface area (Å²) in [7, 11) is 0. The maximum atomic E-state index is 13.0. The minimum Gasteiger partial charge on any atom is -0.340 e. The van der Waals surface area contributed by atoms with E-state index in [1.807, 2.05) is 29.3 Å². The van der Waals surface area contributed by atoms with Gasteiger partial charge in [0, 0.05) is 50.2 Å². The molecule has 0 unspecified atom stereocenters. The lowest BCUT2D eigenvalue weighted by Gasteiger charge is -2.32. The van der Waals surface area contributed by atoms with Gasteiger partial charge in [-0.15, -0.1) is 0 Å². The van der Waals surface area contributed by atoms with Crippen LogP contribution in [0.1, 0.15) is 59.5 Å². The Labute approximate surface area is 165 Å². The number of rotatable bonds is 5. The van der Waals surface area contributed by atoms with Crippen LogP contribution in [-0.2, 0) is 6.54 Å². The number of imidazole rings is 1. The number of hydrogen-bond donors (Lipinski definition) is 0. The van der Waals surface area contributed by atoms with Gasteiger partial charge >= 0.3 is 0 Å². The first kappa shape index (κ1) is 17.3. The first-order valence-corrected chi connectivity index (χ1v) is 10.3. The Morgan fingerprint density at radius 2 is 1.75 bits per heavy atom. The summed E-state index contributed by atoms with van der Waals surface area (Å²) in [4.78, 5) is 19.7. The summed E-state index contributed by atoms with van der Waals surface area (Å²) < 4.78 is 4.43. The van der Waals surface area contributed by atoms with Gasteiger partial charge in [-0.3, -0.25) is 4.79 Å². The normalized spacial score (nSPS) is 17.8. The molecule has 5 rings (SSSR count). The van der Waals surface area contributed by atoms with Gasteiger partial charge in [-0.1, -0.05) is 30.3 Å². The molecule has 0 radical (unpaired) electrons. The summed E-state index contributed by atoms with van der Waals surface area (Å²) in [6.45, 7) is 2.46. The van der Waals surface area contributed by atoms with E-state index in [9.17, 15) is 4.79 Å². The van der Waals surface area contributed by atoms with Gasteiger partial charge in [-0.25, -0.2) is 4.98 Å². The highest BCUT2D eigenvalue weighted by Gasteiger charge is 2.31. The van der Waals surface area contributed by atoms with Gasteiger partial charge in [0.15, 0.2) is 0 Å². The summed E-state index contributed by atoms with van der Waals surface area (Å²) in [6.07, 6.45) is 10.4. The van der Waals surface area contributed by atoms with Crippen molar-refractivity contribution in [3.8, 4) is 0 Å². The van der Waals surface area contributed by atoms with Crippen LogP contribution in [0.3, 0.4) is 0 Å². The molecule has 0 atom stereocenters. The molecule has 0 bridgehead atoms. The highest BCUT2D eigenvalue weighted by molar-refractivity contribution is 5.93. The van der Waals surface area contributed by atoms with Crippen LogP contribution in [0.4, 0.5) is 0 Å². The van der Waals surface area contributed by atoms with Crippen molar-refractivity contribution in [1.82, 2.24) is 19.0 Å². The molecule has 2 aliphatic rings. The second-order valence-electron chi connectivity index (χ2n) is 8.00. The Bertz CT molecular complexity index is 946. The minimum absolute atomic E-state index is 0.183. The average Bonchev–Trinajstić information content (AvgIpc) is 3.28. The van der Waals surface area contributed by atoms with Crippen molar-refractivity contribution in [3.05, 3.63) is 78.1 Å². The second kappa shape index (κ2) is 7.30. The Kier molecular flexibility index (Phi) is 4.51. The van der Waals surface area contributed by atoms with Crippen LogP contribution in [0, 0.1) is 0 Å². The van der Waals surface area contributed by atoms with Gasteiger partial charge in [0.05, 0.1) is 0 Å². The molecule has 144 valence electrons. The summed E-state index contributed by atoms with van der Waals surface area (Å²) in [5.41, 5.74) is 2.14. The van der Waals surface area contributed by atoms with Crippen molar-refractivity contribution in [3.63, 3.8) is 0 Å². The lowest BCUT2D eigenvalue weighted by atomic mass is 9.95. The molecular formula is C23H26N4O. The van der Waals surface area contributed by atoms with E-state index in [-0.39, 0.29) is 5.91 Å². The number of piperidine rings is 1. The Balaban J connectivity index is 1.25. The second-order valence-corrected chi connectivity index (χ2v) is 8.00. The monoisotopic (exact) mass is 374 g/mol. The summed E-state index contributed by atoms with van der Waals surface area (Å²) >= 11 is 0. The fourth-order valence-electron chi connectivity index (χ4n) is 4.34. The standard InChI is InChI=1S/C23H26N4O/c28-23(21-7-4-13-27(21)20-8-9-20)25-14-10-19(11-15-25)22-24-12-16-26(22)17-18-5-2-1-3-6-18/h1-7,12-13,16,19-20H,8-11,14-15,17H2. The van der Waals surface area contributed by atoms with E-state index in [0.717, 1.165) is 44.0 Å². The number of aromatic nitrogens is 3. The molecule has 0 spiro atoms. The van der Waals surface area contributed by atoms with Gasteiger partial charge in [0.2, 0.25) is 0 Å². The van der Waals surface area contributed by atoms with Crippen LogP contribution >= 0.6 is 0 Å². The van der Waals surface area contributed by atoms with Gasteiger partial charge < -0.3 is 14.0 Å². The zero-order valence-corrected chi connectivity index (χ0v) is 16.1. The van der Waals surface area contributed by atoms with Crippen molar-refractivity contribution < 1.29 is 4.79 Å². The van der Waals surface area contributed by atoms with Crippen LogP contribution in [0.15, 0.2) is 61.1 Å². The maximum absolute atomic E-state index is 13.0. The van der Waals surface area contributed by atoms with E-state index in [1.165, 1.54) is 18.4 Å². The largest absolute Gasteiger partial charge is 0.340 e. The van der Waals surface area contributed by atoms with E-state index >= 15 is 0 Å². The minimum atomic E-state index is 0.183. The van der Waals surface area contributed by atoms with Gasteiger partial charge in [-0.2, -0.15) is 0 Å². The topological polar surface area (TPSA) is 43.1 Å². The number of carbonyl (C=O) groups is 1. The van der Waals surface area contributed by atoms with E-state index in [4.69, 9.17) is 0 Å². The van der Waals surface area contributed by atoms with Crippen molar-refractivity contribution in [1.29, 1.82) is 0 Å². The highest BCUT2D eigenvalue weighted by Crippen LogP contribution is 2.36. The van der Waals surface area contributed by atoms with Crippen molar-refractivity contribution in [2.45, 2.75) is 44.2 Å². The van der Waals surface area contributed by atoms with E-state index in [2.05, 4.69) is 50.8 Å². The molecule has 2 fully saturated rings. The van der Waals surface area contributed by atoms with Crippen LogP contribution in [0.2, 0.25) is 0 Å². The smallest absolute Gasteiger partial charge is 0.270 e. The van der Waals surface area contributed by atoms with Crippen molar-refractivity contribution in [2.24, 2.45) is 0 Å². The zero-order valence-electron chi connectivity index (χ0n) is 16.1. The molecule has 5 heteroatoms. The maximum Gasteiger partial charge on any atom is 0.270 e. The number of hydrogen-bond acceptors (Lipinski definition) is 2. The fourth-order valence-corrected chi connectivity index (χ4v) is 4.34. The molecule has 1 aliphatic carbocycles. The molecule has 5 nitrogen and oxygen atoms in total. The molecule has 1 aliphatic heterocycles. The molecule has 1 amide bonds. The average molecular weight is 374 g/mol. The zero-order chi connectivity index (χ0) is 18.9. The third kappa shape index (κ3) is 3.37. The number of likely N-dealkylation sites (tertiary alicyclic amines) is 1. The van der Waals surface area contributed by atoms with Crippen molar-refractivity contribution >= 4 is 5.91 Å². The lowest BCUT2D eigenvalue weighted by Crippen LogP contribution is -2.39. The molecule has 1 saturated carbocycles. The first-order chi connectivity index (χ1) is 13.8. The summed E-state index contributed by atoms with van der Waals surface area (Å²) in [5.74, 6) is 1.75. The predicted octanol–water partition coefficient (Wildman–Crippen LogP) is 4.09. The molecule has 28 heavy (non-hydrogen) atoms. The lowest BCUT2D eigenvalue weighted by molar-refractivity contribution is 0.0699. The molecular weight excluding hydrogens is 348 g/mol. The first-order valence-electron chi connectivity index (χ1n) is 10.3.